The smallest absolute Gasteiger partial charge is 0.359 e. The van der Waals surface area contributed by atoms with Crippen LogP contribution in [0.4, 0.5) is 5.69 Å². The number of nitrogens with zero attached hydrogens (tertiary/aromatic N) is 1. The average Bonchev–Trinajstić information content (AvgIpc) is 2.98. The Labute approximate surface area is 138 Å². The maximum absolute atomic E-state index is 11.9. The predicted molar refractivity (Wildman–Crippen MR) is 91.8 cm³/mol. The second kappa shape index (κ2) is 6.54. The molecule has 0 aliphatic heterocycles. The lowest BCUT2D eigenvalue weighted by atomic mass is 10.0. The third-order valence-corrected chi connectivity index (χ3v) is 3.55. The van der Waals surface area contributed by atoms with E-state index in [0.29, 0.717) is 6.61 Å². The molecule has 2 N–H and O–H groups in total. The molecule has 0 radical (unpaired) electrons. The molecule has 3 aromatic rings. The Kier molecular flexibility index (Phi) is 4.29. The van der Waals surface area contributed by atoms with Crippen LogP contribution in [0.25, 0.3) is 22.0 Å². The maximum Gasteiger partial charge on any atom is 0.359 e. The molecule has 24 heavy (non-hydrogen) atoms. The number of rotatable bonds is 4. The number of esters is 1. The first-order chi connectivity index (χ1) is 11.6. The summed E-state index contributed by atoms with van der Waals surface area (Å²) in [5, 5.41) is 10.4. The van der Waals surface area contributed by atoms with Crippen LogP contribution in [-0.4, -0.2) is 28.7 Å². The molecule has 0 fully saturated rings. The molecule has 6 heteroatoms. The van der Waals surface area contributed by atoms with Gasteiger partial charge in [0.2, 0.25) is 5.91 Å². The summed E-state index contributed by atoms with van der Waals surface area (Å²) in [5.41, 5.74) is 3.67. The van der Waals surface area contributed by atoms with Gasteiger partial charge in [0.05, 0.1) is 12.1 Å². The quantitative estimate of drug-likeness (QED) is 0.721. The number of carbonyl (C=O) groups excluding carboxylic acids is 2. The summed E-state index contributed by atoms with van der Waals surface area (Å²) >= 11 is 0. The van der Waals surface area contributed by atoms with Crippen molar-refractivity contribution in [3.63, 3.8) is 0 Å². The van der Waals surface area contributed by atoms with Crippen molar-refractivity contribution in [3.8, 4) is 11.1 Å². The molecule has 0 saturated heterocycles. The zero-order valence-corrected chi connectivity index (χ0v) is 13.4. The fourth-order valence-corrected chi connectivity index (χ4v) is 2.53. The van der Waals surface area contributed by atoms with Gasteiger partial charge < -0.3 is 10.1 Å². The van der Waals surface area contributed by atoms with Crippen LogP contribution >= 0.6 is 0 Å². The van der Waals surface area contributed by atoms with Crippen LogP contribution < -0.4 is 5.32 Å². The molecule has 6 nitrogen and oxygen atoms in total. The maximum atomic E-state index is 11.9. The van der Waals surface area contributed by atoms with Gasteiger partial charge in [0.1, 0.15) is 0 Å². The minimum atomic E-state index is -0.441. The van der Waals surface area contributed by atoms with E-state index in [0.717, 1.165) is 27.7 Å². The van der Waals surface area contributed by atoms with Gasteiger partial charge in [0, 0.05) is 18.0 Å². The molecule has 0 spiro atoms. The number of anilines is 1. The van der Waals surface area contributed by atoms with Crippen LogP contribution in [0.3, 0.4) is 0 Å². The SMILES string of the molecule is CCOC(=O)c1n[nH]c2cc(-c3cccc(NC(C)=O)c3)ccc12. The van der Waals surface area contributed by atoms with E-state index >= 15 is 0 Å². The fraction of sp³-hybridized carbons (Fsp3) is 0.167. The van der Waals surface area contributed by atoms with Gasteiger partial charge in [-0.2, -0.15) is 5.10 Å². The summed E-state index contributed by atoms with van der Waals surface area (Å²) in [4.78, 5) is 23.1. The summed E-state index contributed by atoms with van der Waals surface area (Å²) in [5.74, 6) is -0.556. The number of amides is 1. The molecule has 3 rings (SSSR count). The number of aromatic amines is 1. The highest BCUT2D eigenvalue weighted by Crippen LogP contribution is 2.27. The third-order valence-electron chi connectivity index (χ3n) is 3.55. The lowest BCUT2D eigenvalue weighted by Gasteiger charge is -2.06. The standard InChI is InChI=1S/C18H17N3O3/c1-3-24-18(23)17-15-8-7-13(10-16(15)20-21-17)12-5-4-6-14(9-12)19-11(2)22/h4-10H,3H2,1-2H3,(H,19,22)(H,20,21). The van der Waals surface area contributed by atoms with Crippen LogP contribution in [0.5, 0.6) is 0 Å². The molecule has 0 bridgehead atoms. The van der Waals surface area contributed by atoms with Gasteiger partial charge in [-0.1, -0.05) is 18.2 Å². The van der Waals surface area contributed by atoms with Crippen molar-refractivity contribution in [2.45, 2.75) is 13.8 Å². The van der Waals surface area contributed by atoms with Crippen LogP contribution in [-0.2, 0) is 9.53 Å². The highest BCUT2D eigenvalue weighted by molar-refractivity contribution is 6.02. The van der Waals surface area contributed by atoms with Gasteiger partial charge in [-0.15, -0.1) is 0 Å². The summed E-state index contributed by atoms with van der Waals surface area (Å²) in [6, 6.07) is 13.2. The Morgan fingerprint density at radius 1 is 1.17 bits per heavy atom. The monoisotopic (exact) mass is 323 g/mol. The van der Waals surface area contributed by atoms with E-state index in [4.69, 9.17) is 4.74 Å². The first-order valence-electron chi connectivity index (χ1n) is 7.61. The van der Waals surface area contributed by atoms with E-state index in [-0.39, 0.29) is 11.6 Å². The largest absolute Gasteiger partial charge is 0.461 e. The molecular weight excluding hydrogens is 306 g/mol. The van der Waals surface area contributed by atoms with Gasteiger partial charge in [-0.3, -0.25) is 9.89 Å². The minimum Gasteiger partial charge on any atom is -0.461 e. The van der Waals surface area contributed by atoms with Crippen molar-refractivity contribution in [2.24, 2.45) is 0 Å². The molecule has 0 saturated carbocycles. The van der Waals surface area contributed by atoms with E-state index in [1.807, 2.05) is 42.5 Å². The van der Waals surface area contributed by atoms with Crippen molar-refractivity contribution < 1.29 is 14.3 Å². The Bertz CT molecular complexity index is 915. The molecule has 0 aliphatic rings. The third kappa shape index (κ3) is 3.12. The molecule has 0 aliphatic carbocycles. The van der Waals surface area contributed by atoms with Gasteiger partial charge in [0.25, 0.3) is 0 Å². The van der Waals surface area contributed by atoms with Gasteiger partial charge >= 0.3 is 5.97 Å². The van der Waals surface area contributed by atoms with E-state index in [1.54, 1.807) is 6.92 Å². The van der Waals surface area contributed by atoms with Crippen molar-refractivity contribution in [2.75, 3.05) is 11.9 Å². The molecule has 2 aromatic carbocycles. The summed E-state index contributed by atoms with van der Waals surface area (Å²) in [7, 11) is 0. The number of hydrogen-bond acceptors (Lipinski definition) is 4. The molecule has 0 unspecified atom stereocenters. The number of ether oxygens (including phenoxy) is 1. The topological polar surface area (TPSA) is 84.1 Å². The second-order valence-electron chi connectivity index (χ2n) is 5.32. The first-order valence-corrected chi connectivity index (χ1v) is 7.61. The number of benzene rings is 2. The van der Waals surface area contributed by atoms with Gasteiger partial charge in [0.15, 0.2) is 5.69 Å². The molecular formula is C18H17N3O3. The van der Waals surface area contributed by atoms with Gasteiger partial charge in [-0.25, -0.2) is 4.79 Å². The summed E-state index contributed by atoms with van der Waals surface area (Å²) < 4.78 is 5.00. The molecule has 0 atom stereocenters. The molecule has 1 heterocycles. The Morgan fingerprint density at radius 2 is 1.96 bits per heavy atom. The number of hydrogen-bond donors (Lipinski definition) is 2. The van der Waals surface area contributed by atoms with E-state index in [2.05, 4.69) is 15.5 Å². The number of aromatic nitrogens is 2. The highest BCUT2D eigenvalue weighted by Gasteiger charge is 2.15. The molecule has 1 amide bonds. The Morgan fingerprint density at radius 3 is 2.71 bits per heavy atom. The van der Waals surface area contributed by atoms with Crippen molar-refractivity contribution >= 4 is 28.5 Å². The number of nitrogens with one attached hydrogen (secondary N) is 2. The lowest BCUT2D eigenvalue weighted by Crippen LogP contribution is -2.05. The van der Waals surface area contributed by atoms with Crippen molar-refractivity contribution in [1.82, 2.24) is 10.2 Å². The Hall–Kier alpha value is -3.15. The molecule has 1 aromatic heterocycles. The minimum absolute atomic E-state index is 0.116. The first kappa shape index (κ1) is 15.7. The van der Waals surface area contributed by atoms with Crippen molar-refractivity contribution in [1.29, 1.82) is 0 Å². The number of carbonyl (C=O) groups is 2. The fourth-order valence-electron chi connectivity index (χ4n) is 2.53. The second-order valence-corrected chi connectivity index (χ2v) is 5.32. The average molecular weight is 323 g/mol. The van der Waals surface area contributed by atoms with E-state index < -0.39 is 5.97 Å². The van der Waals surface area contributed by atoms with Crippen molar-refractivity contribution in [3.05, 3.63) is 48.2 Å². The zero-order chi connectivity index (χ0) is 17.1. The lowest BCUT2D eigenvalue weighted by molar-refractivity contribution is -0.114. The number of fused-ring (bicyclic) bond motifs is 1. The van der Waals surface area contributed by atoms with Crippen LogP contribution in [0.15, 0.2) is 42.5 Å². The molecule has 122 valence electrons. The van der Waals surface area contributed by atoms with E-state index in [9.17, 15) is 9.59 Å². The predicted octanol–water partition coefficient (Wildman–Crippen LogP) is 3.37. The van der Waals surface area contributed by atoms with Crippen LogP contribution in [0, 0.1) is 0 Å². The van der Waals surface area contributed by atoms with Crippen LogP contribution in [0.2, 0.25) is 0 Å². The summed E-state index contributed by atoms with van der Waals surface area (Å²) in [6.45, 7) is 3.54. The Balaban J connectivity index is 1.97. The van der Waals surface area contributed by atoms with E-state index in [1.165, 1.54) is 6.92 Å². The van der Waals surface area contributed by atoms with Crippen LogP contribution in [0.1, 0.15) is 24.3 Å². The number of H-pyrrole nitrogens is 1. The van der Waals surface area contributed by atoms with Gasteiger partial charge in [-0.05, 0) is 42.3 Å². The summed E-state index contributed by atoms with van der Waals surface area (Å²) in [6.07, 6.45) is 0. The highest BCUT2D eigenvalue weighted by atomic mass is 16.5. The normalized spacial score (nSPS) is 10.6. The zero-order valence-electron chi connectivity index (χ0n) is 13.4.